The van der Waals surface area contributed by atoms with Crippen LogP contribution in [-0.2, 0) is 11.2 Å². The summed E-state index contributed by atoms with van der Waals surface area (Å²) in [5, 5.41) is 18.4. The fraction of sp³-hybridized carbons (Fsp3) is 0.111. The minimum Gasteiger partial charge on any atom is -0.507 e. The molecule has 0 aliphatic heterocycles. The van der Waals surface area contributed by atoms with Crippen molar-refractivity contribution in [3.63, 3.8) is 0 Å². The van der Waals surface area contributed by atoms with Crippen LogP contribution in [0.1, 0.15) is 21.5 Å². The summed E-state index contributed by atoms with van der Waals surface area (Å²) < 4.78 is 5.65. The highest BCUT2D eigenvalue weighted by Crippen LogP contribution is 2.25. The summed E-state index contributed by atoms with van der Waals surface area (Å²) in [5.74, 6) is -0.705. The molecule has 124 valence electrons. The topological polar surface area (TPSA) is 83.8 Å². The maximum Gasteiger partial charge on any atom is 0.307 e. The molecule has 0 atom stereocenters. The third kappa shape index (κ3) is 4.45. The van der Waals surface area contributed by atoms with Gasteiger partial charge in [0, 0.05) is 11.1 Å². The Labute approximate surface area is 147 Å². The third-order valence-electron chi connectivity index (χ3n) is 3.31. The second kappa shape index (κ2) is 7.79. The van der Waals surface area contributed by atoms with Gasteiger partial charge in [0.15, 0.2) is 5.78 Å². The normalized spacial score (nSPS) is 10.8. The Morgan fingerprint density at radius 1 is 1.21 bits per heavy atom. The molecule has 0 spiro atoms. The minimum absolute atomic E-state index is 0.118. The molecule has 0 bridgehead atoms. The Morgan fingerprint density at radius 2 is 1.96 bits per heavy atom. The Bertz CT molecular complexity index is 811. The largest absolute Gasteiger partial charge is 0.507 e. The zero-order chi connectivity index (χ0) is 17.7. The van der Waals surface area contributed by atoms with Crippen molar-refractivity contribution in [2.75, 3.05) is 7.11 Å². The maximum atomic E-state index is 12.3. The van der Waals surface area contributed by atoms with Gasteiger partial charge < -0.3 is 14.9 Å². The summed E-state index contributed by atoms with van der Waals surface area (Å²) in [7, 11) is 1.45. The number of carboxylic acids is 1. The molecule has 0 heterocycles. The van der Waals surface area contributed by atoms with Gasteiger partial charge in [0.25, 0.3) is 0 Å². The van der Waals surface area contributed by atoms with Crippen LogP contribution in [0.25, 0.3) is 6.08 Å². The van der Waals surface area contributed by atoms with Gasteiger partial charge >= 0.3 is 5.97 Å². The zero-order valence-corrected chi connectivity index (χ0v) is 14.4. The third-order valence-corrected chi connectivity index (χ3v) is 3.94. The first-order chi connectivity index (χ1) is 11.4. The van der Waals surface area contributed by atoms with Crippen LogP contribution in [0, 0.1) is 0 Å². The number of carbonyl (C=O) groups is 2. The van der Waals surface area contributed by atoms with Gasteiger partial charge in [-0.3, -0.25) is 9.59 Å². The van der Waals surface area contributed by atoms with Gasteiger partial charge in [-0.1, -0.05) is 12.1 Å². The van der Waals surface area contributed by atoms with Crippen molar-refractivity contribution in [3.8, 4) is 11.5 Å². The Hall–Kier alpha value is -2.60. The van der Waals surface area contributed by atoms with Crippen LogP contribution in [0.3, 0.4) is 0 Å². The SMILES string of the molecule is COc1ccc(C(=O)/C=C/c2ccc(O)c(Br)c2)cc1CC(=O)O. The number of hydrogen-bond acceptors (Lipinski definition) is 4. The van der Waals surface area contributed by atoms with Gasteiger partial charge in [0.2, 0.25) is 0 Å². The smallest absolute Gasteiger partial charge is 0.307 e. The molecular formula is C18H15BrO5. The van der Waals surface area contributed by atoms with Crippen molar-refractivity contribution < 1.29 is 24.5 Å². The van der Waals surface area contributed by atoms with E-state index < -0.39 is 5.97 Å². The summed E-state index contributed by atoms with van der Waals surface area (Å²) in [5.41, 5.74) is 1.56. The average Bonchev–Trinajstić information content (AvgIpc) is 2.55. The van der Waals surface area contributed by atoms with Crippen LogP contribution in [0.2, 0.25) is 0 Å². The molecule has 5 nitrogen and oxygen atoms in total. The number of hydrogen-bond donors (Lipinski definition) is 2. The van der Waals surface area contributed by atoms with Gasteiger partial charge in [-0.2, -0.15) is 0 Å². The lowest BCUT2D eigenvalue weighted by atomic mass is 10.0. The second-order valence-electron chi connectivity index (χ2n) is 5.01. The number of benzene rings is 2. The van der Waals surface area contributed by atoms with E-state index in [1.54, 1.807) is 30.3 Å². The Kier molecular flexibility index (Phi) is 5.76. The number of ether oxygens (including phenoxy) is 1. The molecular weight excluding hydrogens is 376 g/mol. The van der Waals surface area contributed by atoms with Crippen LogP contribution in [0.4, 0.5) is 0 Å². The van der Waals surface area contributed by atoms with Crippen molar-refractivity contribution in [1.29, 1.82) is 0 Å². The van der Waals surface area contributed by atoms with Crippen LogP contribution in [0.5, 0.6) is 11.5 Å². The zero-order valence-electron chi connectivity index (χ0n) is 12.8. The molecule has 2 aromatic rings. The number of phenolic OH excluding ortho intramolecular Hbond substituents is 1. The molecule has 2 aromatic carbocycles. The van der Waals surface area contributed by atoms with E-state index in [0.29, 0.717) is 21.3 Å². The number of carbonyl (C=O) groups excluding carboxylic acids is 1. The molecule has 0 fully saturated rings. The monoisotopic (exact) mass is 390 g/mol. The van der Waals surface area contributed by atoms with E-state index in [-0.39, 0.29) is 18.0 Å². The van der Waals surface area contributed by atoms with Crippen molar-refractivity contribution in [2.24, 2.45) is 0 Å². The van der Waals surface area contributed by atoms with E-state index in [4.69, 9.17) is 9.84 Å². The van der Waals surface area contributed by atoms with Gasteiger partial charge in [-0.05, 0) is 57.9 Å². The number of carboxylic acid groups (broad SMARTS) is 1. The van der Waals surface area contributed by atoms with Crippen molar-refractivity contribution in [3.05, 3.63) is 63.6 Å². The molecule has 24 heavy (non-hydrogen) atoms. The van der Waals surface area contributed by atoms with Crippen LogP contribution >= 0.6 is 15.9 Å². The molecule has 0 radical (unpaired) electrons. The van der Waals surface area contributed by atoms with E-state index in [1.165, 1.54) is 25.3 Å². The first kappa shape index (κ1) is 17.7. The maximum absolute atomic E-state index is 12.3. The van der Waals surface area contributed by atoms with E-state index in [9.17, 15) is 14.7 Å². The van der Waals surface area contributed by atoms with E-state index in [1.807, 2.05) is 0 Å². The molecule has 2 N–H and O–H groups in total. The summed E-state index contributed by atoms with van der Waals surface area (Å²) in [6.45, 7) is 0. The summed E-state index contributed by atoms with van der Waals surface area (Å²) in [4.78, 5) is 23.2. The van der Waals surface area contributed by atoms with Gasteiger partial charge in [0.05, 0.1) is 18.0 Å². The number of halogens is 1. The standard InChI is InChI=1S/C18H15BrO5/c1-24-17-7-4-12(9-13(17)10-18(22)23)15(20)5-2-11-3-6-16(21)14(19)8-11/h2-9,21H,10H2,1H3,(H,22,23)/b5-2+. The van der Waals surface area contributed by atoms with E-state index in [2.05, 4.69) is 15.9 Å². The first-order valence-electron chi connectivity index (χ1n) is 7.00. The predicted octanol–water partition coefficient (Wildman–Crippen LogP) is 3.69. The van der Waals surface area contributed by atoms with Gasteiger partial charge in [-0.15, -0.1) is 0 Å². The lowest BCUT2D eigenvalue weighted by Crippen LogP contribution is -2.04. The van der Waals surface area contributed by atoms with Crippen LogP contribution < -0.4 is 4.74 Å². The highest BCUT2D eigenvalue weighted by atomic mass is 79.9. The summed E-state index contributed by atoms with van der Waals surface area (Å²) >= 11 is 3.21. The van der Waals surface area contributed by atoms with Gasteiger partial charge in [-0.25, -0.2) is 0 Å². The number of ketones is 1. The fourth-order valence-corrected chi connectivity index (χ4v) is 2.52. The fourth-order valence-electron chi connectivity index (χ4n) is 2.13. The summed E-state index contributed by atoms with van der Waals surface area (Å²) in [6.07, 6.45) is 2.79. The lowest BCUT2D eigenvalue weighted by molar-refractivity contribution is -0.136. The number of rotatable bonds is 6. The molecule has 0 aliphatic carbocycles. The average molecular weight is 391 g/mol. The molecule has 2 rings (SSSR count). The van der Waals surface area contributed by atoms with Crippen molar-refractivity contribution in [1.82, 2.24) is 0 Å². The molecule has 0 saturated carbocycles. The molecule has 0 amide bonds. The number of aromatic hydroxyl groups is 1. The molecule has 6 heteroatoms. The minimum atomic E-state index is -0.998. The number of methoxy groups -OCH3 is 1. The van der Waals surface area contributed by atoms with E-state index >= 15 is 0 Å². The van der Waals surface area contributed by atoms with Crippen LogP contribution in [-0.4, -0.2) is 29.1 Å². The summed E-state index contributed by atoms with van der Waals surface area (Å²) in [6, 6.07) is 9.57. The molecule has 0 aliphatic rings. The number of phenols is 1. The van der Waals surface area contributed by atoms with Gasteiger partial charge in [0.1, 0.15) is 11.5 Å². The van der Waals surface area contributed by atoms with Crippen molar-refractivity contribution >= 4 is 33.8 Å². The Morgan fingerprint density at radius 3 is 2.58 bits per heavy atom. The molecule has 0 saturated heterocycles. The van der Waals surface area contributed by atoms with Crippen LogP contribution in [0.15, 0.2) is 46.9 Å². The molecule has 0 unspecified atom stereocenters. The number of aliphatic carboxylic acids is 1. The highest BCUT2D eigenvalue weighted by molar-refractivity contribution is 9.10. The first-order valence-corrected chi connectivity index (χ1v) is 7.79. The highest BCUT2D eigenvalue weighted by Gasteiger charge is 2.11. The number of allylic oxidation sites excluding steroid dienone is 1. The van der Waals surface area contributed by atoms with Crippen molar-refractivity contribution in [2.45, 2.75) is 6.42 Å². The second-order valence-corrected chi connectivity index (χ2v) is 5.86. The molecule has 0 aromatic heterocycles. The quantitative estimate of drug-likeness (QED) is 0.580. The predicted molar refractivity (Wildman–Crippen MR) is 93.5 cm³/mol. The van der Waals surface area contributed by atoms with E-state index in [0.717, 1.165) is 5.56 Å². The lowest BCUT2D eigenvalue weighted by Gasteiger charge is -2.08. The Balaban J connectivity index is 2.24.